The van der Waals surface area contributed by atoms with Crippen LogP contribution in [0.5, 0.6) is 5.75 Å². The first kappa shape index (κ1) is 11.5. The molecule has 1 aliphatic rings. The van der Waals surface area contributed by atoms with Crippen LogP contribution in [0.15, 0.2) is 24.5 Å². The van der Waals surface area contributed by atoms with Crippen molar-refractivity contribution in [3.63, 3.8) is 0 Å². The third-order valence-corrected chi connectivity index (χ3v) is 2.96. The number of benzene rings is 1. The van der Waals surface area contributed by atoms with E-state index in [4.69, 9.17) is 4.74 Å². The zero-order chi connectivity index (χ0) is 13.4. The number of aryl methyl sites for hydroxylation is 1. The van der Waals surface area contributed by atoms with E-state index in [9.17, 15) is 9.59 Å². The number of anilines is 1. The minimum absolute atomic E-state index is 0.0254. The number of aldehydes is 1. The van der Waals surface area contributed by atoms with Gasteiger partial charge in [0.05, 0.1) is 17.7 Å². The molecule has 1 aliphatic heterocycles. The topological polar surface area (TPSA) is 73.2 Å². The number of hydrogen-bond donors (Lipinski definition) is 1. The summed E-state index contributed by atoms with van der Waals surface area (Å²) in [5, 5.41) is 2.74. The molecule has 0 saturated heterocycles. The number of amides is 1. The number of rotatable bonds is 2. The molecule has 2 aromatic rings. The maximum atomic E-state index is 11.3. The van der Waals surface area contributed by atoms with Crippen LogP contribution in [-0.2, 0) is 11.8 Å². The largest absolute Gasteiger partial charge is 0.482 e. The van der Waals surface area contributed by atoms with Gasteiger partial charge in [-0.1, -0.05) is 0 Å². The van der Waals surface area contributed by atoms with Crippen LogP contribution in [0.1, 0.15) is 10.5 Å². The van der Waals surface area contributed by atoms with E-state index in [1.54, 1.807) is 23.0 Å². The minimum Gasteiger partial charge on any atom is -0.482 e. The predicted molar refractivity (Wildman–Crippen MR) is 68.2 cm³/mol. The lowest BCUT2D eigenvalue weighted by Gasteiger charge is -2.18. The minimum atomic E-state index is -0.190. The summed E-state index contributed by atoms with van der Waals surface area (Å²) in [4.78, 5) is 26.3. The summed E-state index contributed by atoms with van der Waals surface area (Å²) < 4.78 is 7.05. The molecule has 0 bridgehead atoms. The molecule has 19 heavy (non-hydrogen) atoms. The van der Waals surface area contributed by atoms with E-state index >= 15 is 0 Å². The van der Waals surface area contributed by atoms with Crippen LogP contribution in [0, 0.1) is 0 Å². The summed E-state index contributed by atoms with van der Waals surface area (Å²) in [5.41, 5.74) is 2.47. The molecule has 6 nitrogen and oxygen atoms in total. The molecule has 1 aromatic heterocycles. The van der Waals surface area contributed by atoms with Crippen molar-refractivity contribution in [2.24, 2.45) is 7.05 Å². The van der Waals surface area contributed by atoms with Crippen LogP contribution < -0.4 is 10.1 Å². The van der Waals surface area contributed by atoms with Crippen LogP contribution in [0.2, 0.25) is 0 Å². The Hall–Kier alpha value is -2.63. The number of imidazole rings is 1. The average molecular weight is 257 g/mol. The molecule has 96 valence electrons. The molecule has 0 fully saturated rings. The van der Waals surface area contributed by atoms with Gasteiger partial charge in [0.1, 0.15) is 11.4 Å². The fourth-order valence-corrected chi connectivity index (χ4v) is 2.12. The Balaban J connectivity index is 2.11. The van der Waals surface area contributed by atoms with Gasteiger partial charge in [0.25, 0.3) is 5.91 Å². The average Bonchev–Trinajstić information content (AvgIpc) is 2.79. The number of carbonyl (C=O) groups is 2. The lowest BCUT2D eigenvalue weighted by molar-refractivity contribution is -0.118. The highest BCUT2D eigenvalue weighted by atomic mass is 16.5. The van der Waals surface area contributed by atoms with Crippen molar-refractivity contribution in [2.75, 3.05) is 11.9 Å². The number of hydrogen-bond acceptors (Lipinski definition) is 4. The summed E-state index contributed by atoms with van der Waals surface area (Å²) >= 11 is 0. The lowest BCUT2D eigenvalue weighted by Crippen LogP contribution is -2.25. The highest BCUT2D eigenvalue weighted by Crippen LogP contribution is 2.33. The molecular formula is C13H11N3O3. The predicted octanol–water partition coefficient (Wildman–Crippen LogP) is 1.23. The van der Waals surface area contributed by atoms with Gasteiger partial charge in [-0.3, -0.25) is 9.59 Å². The Labute approximate surface area is 109 Å². The Kier molecular flexibility index (Phi) is 2.56. The van der Waals surface area contributed by atoms with Gasteiger partial charge in [0.15, 0.2) is 12.9 Å². The zero-order valence-corrected chi connectivity index (χ0v) is 10.2. The van der Waals surface area contributed by atoms with Gasteiger partial charge in [-0.25, -0.2) is 4.98 Å². The van der Waals surface area contributed by atoms with Crippen molar-refractivity contribution < 1.29 is 14.3 Å². The fraction of sp³-hybridized carbons (Fsp3) is 0.154. The van der Waals surface area contributed by atoms with Gasteiger partial charge in [-0.15, -0.1) is 0 Å². The Bertz CT molecular complexity index is 676. The Morgan fingerprint density at radius 1 is 1.47 bits per heavy atom. The molecule has 1 N–H and O–H groups in total. The monoisotopic (exact) mass is 257 g/mol. The second kappa shape index (κ2) is 4.24. The lowest BCUT2D eigenvalue weighted by atomic mass is 10.1. The standard InChI is InChI=1S/C13H11N3O3/c1-16-7-14-10(5-17)13(16)8-2-3-11-9(4-8)15-12(18)6-19-11/h2-5,7H,6H2,1H3,(H,15,18). The second-order valence-corrected chi connectivity index (χ2v) is 4.25. The highest BCUT2D eigenvalue weighted by Gasteiger charge is 2.18. The number of nitrogens with one attached hydrogen (secondary N) is 1. The Morgan fingerprint density at radius 3 is 3.11 bits per heavy atom. The molecule has 0 saturated carbocycles. The number of carbonyl (C=O) groups excluding carboxylic acids is 2. The van der Waals surface area contributed by atoms with Gasteiger partial charge in [0, 0.05) is 12.6 Å². The van der Waals surface area contributed by atoms with Crippen molar-refractivity contribution >= 4 is 17.9 Å². The third kappa shape index (κ3) is 1.87. The molecule has 3 rings (SSSR count). The third-order valence-electron chi connectivity index (χ3n) is 2.96. The van der Waals surface area contributed by atoms with Gasteiger partial charge >= 0.3 is 0 Å². The SMILES string of the molecule is Cn1cnc(C=O)c1-c1ccc2c(c1)NC(=O)CO2. The molecular weight excluding hydrogens is 246 g/mol. The van der Waals surface area contributed by atoms with E-state index in [-0.39, 0.29) is 12.5 Å². The van der Waals surface area contributed by atoms with Crippen molar-refractivity contribution in [1.29, 1.82) is 0 Å². The van der Waals surface area contributed by atoms with E-state index < -0.39 is 0 Å². The second-order valence-electron chi connectivity index (χ2n) is 4.25. The van der Waals surface area contributed by atoms with Crippen LogP contribution in [0.25, 0.3) is 11.3 Å². The summed E-state index contributed by atoms with van der Waals surface area (Å²) in [7, 11) is 1.81. The first-order valence-electron chi connectivity index (χ1n) is 5.72. The van der Waals surface area contributed by atoms with Gasteiger partial charge in [0.2, 0.25) is 0 Å². The first-order chi connectivity index (χ1) is 9.19. The number of nitrogens with zero attached hydrogens (tertiary/aromatic N) is 2. The molecule has 0 spiro atoms. The summed E-state index contributed by atoms with van der Waals surface area (Å²) in [5.74, 6) is 0.434. The van der Waals surface area contributed by atoms with Crippen LogP contribution in [0.3, 0.4) is 0 Å². The maximum absolute atomic E-state index is 11.3. The molecule has 0 radical (unpaired) electrons. The van der Waals surface area contributed by atoms with E-state index in [1.807, 2.05) is 13.1 Å². The van der Waals surface area contributed by atoms with Crippen molar-refractivity contribution in [3.05, 3.63) is 30.2 Å². The normalized spacial score (nSPS) is 13.4. The van der Waals surface area contributed by atoms with E-state index in [2.05, 4.69) is 10.3 Å². The highest BCUT2D eigenvalue weighted by molar-refractivity contribution is 5.96. The summed E-state index contributed by atoms with van der Waals surface area (Å²) in [6.07, 6.45) is 2.29. The molecule has 0 aliphatic carbocycles. The number of ether oxygens (including phenoxy) is 1. The van der Waals surface area contributed by atoms with Crippen LogP contribution in [0.4, 0.5) is 5.69 Å². The molecule has 2 heterocycles. The van der Waals surface area contributed by atoms with E-state index in [0.717, 1.165) is 5.56 Å². The molecule has 1 aromatic carbocycles. The Morgan fingerprint density at radius 2 is 2.32 bits per heavy atom. The zero-order valence-electron chi connectivity index (χ0n) is 10.2. The van der Waals surface area contributed by atoms with Crippen molar-refractivity contribution in [3.8, 4) is 17.0 Å². The van der Waals surface area contributed by atoms with Crippen molar-refractivity contribution in [2.45, 2.75) is 0 Å². The van der Waals surface area contributed by atoms with Gasteiger partial charge in [-0.05, 0) is 18.2 Å². The maximum Gasteiger partial charge on any atom is 0.262 e. The molecule has 0 atom stereocenters. The van der Waals surface area contributed by atoms with Crippen molar-refractivity contribution in [1.82, 2.24) is 9.55 Å². The molecule has 0 unspecified atom stereocenters. The quantitative estimate of drug-likeness (QED) is 0.821. The smallest absolute Gasteiger partial charge is 0.262 e. The van der Waals surface area contributed by atoms with Crippen LogP contribution >= 0.6 is 0 Å². The number of fused-ring (bicyclic) bond motifs is 1. The van der Waals surface area contributed by atoms with E-state index in [1.165, 1.54) is 0 Å². The molecule has 1 amide bonds. The van der Waals surface area contributed by atoms with E-state index in [0.29, 0.717) is 29.1 Å². The first-order valence-corrected chi connectivity index (χ1v) is 5.72. The van der Waals surface area contributed by atoms with Gasteiger partial charge in [-0.2, -0.15) is 0 Å². The molecule has 6 heteroatoms. The fourth-order valence-electron chi connectivity index (χ4n) is 2.12. The number of aromatic nitrogens is 2. The van der Waals surface area contributed by atoms with Crippen LogP contribution in [-0.4, -0.2) is 28.4 Å². The van der Waals surface area contributed by atoms with Gasteiger partial charge < -0.3 is 14.6 Å². The summed E-state index contributed by atoms with van der Waals surface area (Å²) in [6, 6.07) is 5.38. The summed E-state index contributed by atoms with van der Waals surface area (Å²) in [6.45, 7) is 0.0254.